The van der Waals surface area contributed by atoms with Gasteiger partial charge >= 0.3 is 5.97 Å². The Labute approximate surface area is 153 Å². The van der Waals surface area contributed by atoms with Crippen LogP contribution in [0.4, 0.5) is 5.69 Å². The van der Waals surface area contributed by atoms with Crippen molar-refractivity contribution in [3.63, 3.8) is 0 Å². The number of amides is 1. The highest BCUT2D eigenvalue weighted by molar-refractivity contribution is 7.80. The molecule has 0 fully saturated rings. The molecule has 0 radical (unpaired) electrons. The van der Waals surface area contributed by atoms with Crippen LogP contribution in [0, 0.1) is 0 Å². The van der Waals surface area contributed by atoms with Crippen molar-refractivity contribution in [2.45, 2.75) is 0 Å². The third kappa shape index (κ3) is 4.59. The summed E-state index contributed by atoms with van der Waals surface area (Å²) in [6, 6.07) is 8.32. The van der Waals surface area contributed by atoms with Gasteiger partial charge in [-0.15, -0.1) is 0 Å². The maximum absolute atomic E-state index is 12.1. The maximum atomic E-state index is 12.1. The average Bonchev–Trinajstić information content (AvgIpc) is 2.54. The van der Waals surface area contributed by atoms with Crippen molar-refractivity contribution < 1.29 is 24.5 Å². The molecule has 2 aromatic rings. The summed E-state index contributed by atoms with van der Waals surface area (Å²) < 4.78 is 5.01. The summed E-state index contributed by atoms with van der Waals surface area (Å²) in [5, 5.41) is 23.9. The second-order valence-electron chi connectivity index (χ2n) is 4.79. The van der Waals surface area contributed by atoms with E-state index in [2.05, 4.69) is 10.6 Å². The first kappa shape index (κ1) is 18.5. The lowest BCUT2D eigenvalue weighted by molar-refractivity contribution is 0.0693. The number of aromatic hydroxyl groups is 1. The van der Waals surface area contributed by atoms with Gasteiger partial charge < -0.3 is 20.3 Å². The highest BCUT2D eigenvalue weighted by Crippen LogP contribution is 2.25. The smallest absolute Gasteiger partial charge is 0.339 e. The fourth-order valence-corrected chi connectivity index (χ4v) is 2.40. The molecule has 0 bridgehead atoms. The Morgan fingerprint density at radius 3 is 2.48 bits per heavy atom. The van der Waals surface area contributed by atoms with Gasteiger partial charge in [0.15, 0.2) is 5.11 Å². The second-order valence-corrected chi connectivity index (χ2v) is 5.61. The molecule has 0 spiro atoms. The largest absolute Gasteiger partial charge is 0.507 e. The highest BCUT2D eigenvalue weighted by atomic mass is 35.5. The number of methoxy groups -OCH3 is 1. The SMILES string of the molecule is COc1ccc(C(=O)NC(=S)Nc2ccc(C(=O)O)c(O)c2)cc1Cl. The van der Waals surface area contributed by atoms with Gasteiger partial charge in [-0.3, -0.25) is 10.1 Å². The molecule has 130 valence electrons. The van der Waals surface area contributed by atoms with Crippen molar-refractivity contribution in [2.24, 2.45) is 0 Å². The molecule has 25 heavy (non-hydrogen) atoms. The number of nitrogens with one attached hydrogen (secondary N) is 2. The number of hydrogen-bond donors (Lipinski definition) is 4. The third-order valence-corrected chi connectivity index (χ3v) is 3.63. The quantitative estimate of drug-likeness (QED) is 0.604. The number of benzene rings is 2. The second kappa shape index (κ2) is 7.82. The highest BCUT2D eigenvalue weighted by Gasteiger charge is 2.13. The standard InChI is InChI=1S/C16H13ClN2O5S/c1-24-13-5-2-8(6-11(13)17)14(21)19-16(25)18-9-3-4-10(15(22)23)12(20)7-9/h2-7,20H,1H3,(H,22,23)(H2,18,19,21,25). The molecular formula is C16H13ClN2O5S. The first-order valence-electron chi connectivity index (χ1n) is 6.84. The Hall–Kier alpha value is -2.84. The summed E-state index contributed by atoms with van der Waals surface area (Å²) >= 11 is 11.0. The van der Waals surface area contributed by atoms with Crippen LogP contribution >= 0.6 is 23.8 Å². The molecule has 1 amide bonds. The number of thiocarbonyl (C=S) groups is 1. The van der Waals surface area contributed by atoms with E-state index in [4.69, 9.17) is 33.7 Å². The van der Waals surface area contributed by atoms with E-state index in [9.17, 15) is 14.7 Å². The minimum atomic E-state index is -1.25. The van der Waals surface area contributed by atoms with Crippen LogP contribution in [0.5, 0.6) is 11.5 Å². The van der Waals surface area contributed by atoms with E-state index in [-0.39, 0.29) is 21.3 Å². The molecule has 0 aliphatic carbocycles. The first-order chi connectivity index (χ1) is 11.8. The van der Waals surface area contributed by atoms with Crippen molar-refractivity contribution in [3.8, 4) is 11.5 Å². The number of rotatable bonds is 4. The molecule has 9 heteroatoms. The fourth-order valence-electron chi connectivity index (χ4n) is 1.94. The lowest BCUT2D eigenvalue weighted by atomic mass is 10.2. The molecule has 0 atom stereocenters. The molecule has 0 aromatic heterocycles. The van der Waals surface area contributed by atoms with Crippen LogP contribution in [-0.4, -0.2) is 34.3 Å². The summed E-state index contributed by atoms with van der Waals surface area (Å²) in [6.07, 6.45) is 0. The number of hydrogen-bond acceptors (Lipinski definition) is 5. The number of aromatic carboxylic acids is 1. The summed E-state index contributed by atoms with van der Waals surface area (Å²) in [7, 11) is 1.46. The normalized spacial score (nSPS) is 10.0. The van der Waals surface area contributed by atoms with Crippen molar-refractivity contribution in [1.82, 2.24) is 5.32 Å². The van der Waals surface area contributed by atoms with Crippen molar-refractivity contribution in [2.75, 3.05) is 12.4 Å². The Morgan fingerprint density at radius 2 is 1.92 bits per heavy atom. The predicted octanol–water partition coefficient (Wildman–Crippen LogP) is 2.88. The zero-order chi connectivity index (χ0) is 18.6. The van der Waals surface area contributed by atoms with E-state index < -0.39 is 17.6 Å². The van der Waals surface area contributed by atoms with E-state index in [0.717, 1.165) is 0 Å². The Balaban J connectivity index is 2.04. The fraction of sp³-hybridized carbons (Fsp3) is 0.0625. The molecule has 4 N–H and O–H groups in total. The number of carboxylic acids is 1. The molecular weight excluding hydrogens is 368 g/mol. The van der Waals surface area contributed by atoms with Gasteiger partial charge in [0.05, 0.1) is 12.1 Å². The van der Waals surface area contributed by atoms with Crippen LogP contribution < -0.4 is 15.4 Å². The lowest BCUT2D eigenvalue weighted by Crippen LogP contribution is -2.34. The Kier molecular flexibility index (Phi) is 5.79. The summed E-state index contributed by atoms with van der Waals surface area (Å²) in [6.45, 7) is 0. The molecule has 0 unspecified atom stereocenters. The van der Waals surface area contributed by atoms with E-state index >= 15 is 0 Å². The minimum Gasteiger partial charge on any atom is -0.507 e. The lowest BCUT2D eigenvalue weighted by Gasteiger charge is -2.11. The number of anilines is 1. The number of carbonyl (C=O) groups is 2. The monoisotopic (exact) mass is 380 g/mol. The van der Waals surface area contributed by atoms with Crippen LogP contribution in [0.2, 0.25) is 5.02 Å². The zero-order valence-electron chi connectivity index (χ0n) is 12.9. The molecule has 0 heterocycles. The van der Waals surface area contributed by atoms with Crippen LogP contribution in [-0.2, 0) is 0 Å². The summed E-state index contributed by atoms with van der Waals surface area (Å²) in [5.41, 5.74) is 0.355. The van der Waals surface area contributed by atoms with Gasteiger partial charge in [0.2, 0.25) is 0 Å². The molecule has 2 aromatic carbocycles. The molecule has 0 saturated carbocycles. The maximum Gasteiger partial charge on any atom is 0.339 e. The average molecular weight is 381 g/mol. The van der Waals surface area contributed by atoms with Crippen molar-refractivity contribution >= 4 is 46.5 Å². The van der Waals surface area contributed by atoms with Gasteiger partial charge in [-0.1, -0.05) is 11.6 Å². The van der Waals surface area contributed by atoms with Gasteiger partial charge in [-0.05, 0) is 42.5 Å². The van der Waals surface area contributed by atoms with Gasteiger partial charge in [0, 0.05) is 17.3 Å². The van der Waals surface area contributed by atoms with E-state index in [1.54, 1.807) is 6.07 Å². The van der Waals surface area contributed by atoms with Crippen LogP contribution in [0.3, 0.4) is 0 Å². The Morgan fingerprint density at radius 1 is 1.20 bits per heavy atom. The Bertz CT molecular complexity index is 856. The molecule has 0 aliphatic rings. The molecule has 0 saturated heterocycles. The number of carboxylic acid groups (broad SMARTS) is 1. The van der Waals surface area contributed by atoms with Crippen molar-refractivity contribution in [1.29, 1.82) is 0 Å². The number of phenols is 1. The number of carbonyl (C=O) groups excluding carboxylic acids is 1. The van der Waals surface area contributed by atoms with Gasteiger partial charge in [0.1, 0.15) is 17.1 Å². The summed E-state index contributed by atoms with van der Waals surface area (Å²) in [4.78, 5) is 23.0. The number of ether oxygens (including phenoxy) is 1. The molecule has 7 nitrogen and oxygen atoms in total. The minimum absolute atomic E-state index is 0.0283. The van der Waals surface area contributed by atoms with Crippen LogP contribution in [0.1, 0.15) is 20.7 Å². The van der Waals surface area contributed by atoms with E-state index in [0.29, 0.717) is 11.4 Å². The van der Waals surface area contributed by atoms with E-state index in [1.807, 2.05) is 0 Å². The van der Waals surface area contributed by atoms with Gasteiger partial charge in [0.25, 0.3) is 5.91 Å². The third-order valence-electron chi connectivity index (χ3n) is 3.13. The predicted molar refractivity (Wildman–Crippen MR) is 96.8 cm³/mol. The topological polar surface area (TPSA) is 108 Å². The van der Waals surface area contributed by atoms with Crippen LogP contribution in [0.25, 0.3) is 0 Å². The molecule has 0 aliphatic heterocycles. The molecule has 2 rings (SSSR count). The van der Waals surface area contributed by atoms with Gasteiger partial charge in [-0.2, -0.15) is 0 Å². The van der Waals surface area contributed by atoms with Gasteiger partial charge in [-0.25, -0.2) is 4.79 Å². The zero-order valence-corrected chi connectivity index (χ0v) is 14.4. The first-order valence-corrected chi connectivity index (χ1v) is 7.62. The van der Waals surface area contributed by atoms with Crippen LogP contribution in [0.15, 0.2) is 36.4 Å². The number of halogens is 1. The summed E-state index contributed by atoms with van der Waals surface area (Å²) in [5.74, 6) is -1.73. The van der Waals surface area contributed by atoms with E-state index in [1.165, 1.54) is 37.4 Å². The van der Waals surface area contributed by atoms with Crippen molar-refractivity contribution in [3.05, 3.63) is 52.5 Å².